The van der Waals surface area contributed by atoms with Crippen molar-refractivity contribution in [2.75, 3.05) is 18.7 Å². The Kier molecular flexibility index (Phi) is 6.84. The van der Waals surface area contributed by atoms with Crippen LogP contribution in [0.15, 0.2) is 46.9 Å². The molecule has 0 bridgehead atoms. The highest BCUT2D eigenvalue weighted by Gasteiger charge is 2.16. The first-order chi connectivity index (χ1) is 14.3. The highest BCUT2D eigenvalue weighted by atomic mass is 32.2. The van der Waals surface area contributed by atoms with E-state index in [4.69, 9.17) is 4.74 Å². The topological polar surface area (TPSA) is 98.2 Å². The second-order valence-corrected chi connectivity index (χ2v) is 9.67. The molecule has 0 aliphatic heterocycles. The molecule has 0 atom stereocenters. The van der Waals surface area contributed by atoms with Crippen molar-refractivity contribution in [3.63, 3.8) is 0 Å². The van der Waals surface area contributed by atoms with Crippen molar-refractivity contribution >= 4 is 32.8 Å². The Morgan fingerprint density at radius 3 is 2.67 bits per heavy atom. The van der Waals surface area contributed by atoms with Crippen LogP contribution in [0.2, 0.25) is 0 Å². The van der Waals surface area contributed by atoms with Crippen LogP contribution in [-0.4, -0.2) is 37.7 Å². The third kappa shape index (κ3) is 5.22. The van der Waals surface area contributed by atoms with E-state index in [0.717, 1.165) is 29.7 Å². The molecule has 0 aliphatic rings. The van der Waals surface area contributed by atoms with E-state index in [1.54, 1.807) is 24.5 Å². The van der Waals surface area contributed by atoms with Gasteiger partial charge >= 0.3 is 0 Å². The van der Waals surface area contributed by atoms with Gasteiger partial charge in [-0.2, -0.15) is 0 Å². The molecule has 158 valence electrons. The Morgan fingerprint density at radius 1 is 1.20 bits per heavy atom. The number of benzene rings is 1. The second-order valence-electron chi connectivity index (χ2n) is 6.78. The number of amides is 1. The molecule has 0 saturated carbocycles. The van der Waals surface area contributed by atoms with Gasteiger partial charge in [0.15, 0.2) is 9.84 Å². The summed E-state index contributed by atoms with van der Waals surface area (Å²) < 4.78 is 29.1. The molecule has 0 fully saturated rings. The molecule has 0 saturated heterocycles. The minimum Gasteiger partial charge on any atom is -0.495 e. The monoisotopic (exact) mass is 445 g/mol. The van der Waals surface area contributed by atoms with Crippen molar-refractivity contribution < 1.29 is 17.9 Å². The highest BCUT2D eigenvalue weighted by molar-refractivity contribution is 7.90. The van der Waals surface area contributed by atoms with Crippen molar-refractivity contribution in [2.24, 2.45) is 0 Å². The lowest BCUT2D eigenvalue weighted by Crippen LogP contribution is -2.09. The van der Waals surface area contributed by atoms with Crippen LogP contribution in [0.1, 0.15) is 26.2 Å². The van der Waals surface area contributed by atoms with E-state index in [2.05, 4.69) is 15.3 Å². The number of carbonyl (C=O) groups is 1. The molecule has 30 heavy (non-hydrogen) atoms. The molecule has 1 N–H and O–H groups in total. The van der Waals surface area contributed by atoms with Crippen LogP contribution in [0.5, 0.6) is 5.75 Å². The van der Waals surface area contributed by atoms with Gasteiger partial charge in [-0.25, -0.2) is 13.4 Å². The number of hydrogen-bond donors (Lipinski definition) is 1. The number of ether oxygens (including phenoxy) is 1. The van der Waals surface area contributed by atoms with E-state index in [1.807, 2.05) is 18.4 Å². The Balaban J connectivity index is 1.86. The van der Waals surface area contributed by atoms with Crippen LogP contribution < -0.4 is 10.1 Å². The molecule has 1 amide bonds. The molecule has 0 unspecified atom stereocenters. The Labute approximate surface area is 180 Å². The number of sulfone groups is 1. The van der Waals surface area contributed by atoms with Gasteiger partial charge in [0.1, 0.15) is 10.6 Å². The van der Waals surface area contributed by atoms with Gasteiger partial charge in [0.2, 0.25) is 5.91 Å². The van der Waals surface area contributed by atoms with Crippen molar-refractivity contribution in [3.05, 3.63) is 42.0 Å². The summed E-state index contributed by atoms with van der Waals surface area (Å²) in [5, 5.41) is 4.77. The van der Waals surface area contributed by atoms with E-state index in [9.17, 15) is 13.2 Å². The SMILES string of the molecule is CCCCC(=O)Nc1csc(-c2cncc(-c3ccc(S(C)(=O)=O)c(OC)c3)n2)c1. The van der Waals surface area contributed by atoms with Gasteiger partial charge in [0, 0.05) is 23.6 Å². The Morgan fingerprint density at radius 2 is 1.97 bits per heavy atom. The van der Waals surface area contributed by atoms with Crippen LogP contribution in [0.25, 0.3) is 21.8 Å². The lowest BCUT2D eigenvalue weighted by molar-refractivity contribution is -0.116. The molecule has 7 nitrogen and oxygen atoms in total. The van der Waals surface area contributed by atoms with E-state index in [-0.39, 0.29) is 16.6 Å². The van der Waals surface area contributed by atoms with Gasteiger partial charge in [-0.1, -0.05) is 19.4 Å². The zero-order chi connectivity index (χ0) is 21.7. The summed E-state index contributed by atoms with van der Waals surface area (Å²) in [6.07, 6.45) is 6.74. The van der Waals surface area contributed by atoms with Crippen LogP contribution in [0.3, 0.4) is 0 Å². The fraction of sp³-hybridized carbons (Fsp3) is 0.286. The molecule has 2 aromatic heterocycles. The summed E-state index contributed by atoms with van der Waals surface area (Å²) in [5.74, 6) is 0.259. The zero-order valence-electron chi connectivity index (χ0n) is 17.0. The van der Waals surface area contributed by atoms with E-state index in [0.29, 0.717) is 23.4 Å². The predicted octanol–water partition coefficient (Wildman–Crippen LogP) is 4.41. The molecular formula is C21H23N3O4S2. The standard InChI is InChI=1S/C21H23N3O4S2/c1-4-5-6-21(25)23-15-10-19(29-13-15)17-12-22-11-16(24-17)14-7-8-20(30(3,26)27)18(9-14)28-2/h7-13H,4-6H2,1-3H3,(H,23,25). The summed E-state index contributed by atoms with van der Waals surface area (Å²) in [4.78, 5) is 21.8. The van der Waals surface area contributed by atoms with Gasteiger partial charge in [-0.3, -0.25) is 9.78 Å². The maximum Gasteiger partial charge on any atom is 0.224 e. The van der Waals surface area contributed by atoms with E-state index < -0.39 is 9.84 Å². The largest absolute Gasteiger partial charge is 0.495 e. The summed E-state index contributed by atoms with van der Waals surface area (Å²) in [6, 6.07) is 6.70. The molecule has 0 aliphatic carbocycles. The molecular weight excluding hydrogens is 422 g/mol. The number of aromatic nitrogens is 2. The molecule has 3 aromatic rings. The highest BCUT2D eigenvalue weighted by Crippen LogP contribution is 2.32. The number of nitrogens with zero attached hydrogens (tertiary/aromatic N) is 2. The number of carbonyl (C=O) groups excluding carboxylic acids is 1. The van der Waals surface area contributed by atoms with Crippen molar-refractivity contribution in [1.82, 2.24) is 9.97 Å². The zero-order valence-corrected chi connectivity index (χ0v) is 18.6. The number of unbranched alkanes of at least 4 members (excludes halogenated alkanes) is 1. The Bertz CT molecular complexity index is 1160. The number of rotatable bonds is 8. The van der Waals surface area contributed by atoms with Crippen molar-refractivity contribution in [1.29, 1.82) is 0 Å². The van der Waals surface area contributed by atoms with Gasteiger partial charge in [-0.15, -0.1) is 11.3 Å². The first-order valence-electron chi connectivity index (χ1n) is 9.41. The summed E-state index contributed by atoms with van der Waals surface area (Å²) in [7, 11) is -1.97. The van der Waals surface area contributed by atoms with Crippen LogP contribution in [-0.2, 0) is 14.6 Å². The van der Waals surface area contributed by atoms with Crippen LogP contribution in [0.4, 0.5) is 5.69 Å². The van der Waals surface area contributed by atoms with Gasteiger partial charge < -0.3 is 10.1 Å². The molecule has 3 rings (SSSR count). The number of hydrogen-bond acceptors (Lipinski definition) is 7. The second kappa shape index (κ2) is 9.36. The first-order valence-corrected chi connectivity index (χ1v) is 12.2. The molecule has 0 spiro atoms. The summed E-state index contributed by atoms with van der Waals surface area (Å²) in [5.41, 5.74) is 2.69. The lowest BCUT2D eigenvalue weighted by Gasteiger charge is -2.09. The normalized spacial score (nSPS) is 11.3. The number of thiophene rings is 1. The third-order valence-corrected chi connectivity index (χ3v) is 6.48. The minimum atomic E-state index is -3.40. The maximum atomic E-state index is 11.9. The van der Waals surface area contributed by atoms with Gasteiger partial charge in [-0.05, 0) is 24.6 Å². The molecule has 1 aromatic carbocycles. The third-order valence-electron chi connectivity index (χ3n) is 4.39. The Hall–Kier alpha value is -2.78. The van der Waals surface area contributed by atoms with Crippen LogP contribution in [0, 0.1) is 0 Å². The van der Waals surface area contributed by atoms with E-state index in [1.165, 1.54) is 24.5 Å². The molecule has 0 radical (unpaired) electrons. The quantitative estimate of drug-likeness (QED) is 0.551. The predicted molar refractivity (Wildman–Crippen MR) is 119 cm³/mol. The molecule has 2 heterocycles. The lowest BCUT2D eigenvalue weighted by atomic mass is 10.1. The van der Waals surface area contributed by atoms with Crippen LogP contribution >= 0.6 is 11.3 Å². The van der Waals surface area contributed by atoms with Crippen molar-refractivity contribution in [2.45, 2.75) is 31.1 Å². The van der Waals surface area contributed by atoms with E-state index >= 15 is 0 Å². The fourth-order valence-electron chi connectivity index (χ4n) is 2.85. The smallest absolute Gasteiger partial charge is 0.224 e. The summed E-state index contributed by atoms with van der Waals surface area (Å²) >= 11 is 1.46. The van der Waals surface area contributed by atoms with Gasteiger partial charge in [0.25, 0.3) is 0 Å². The average molecular weight is 446 g/mol. The number of nitrogens with one attached hydrogen (secondary N) is 1. The number of methoxy groups -OCH3 is 1. The molecule has 9 heteroatoms. The summed E-state index contributed by atoms with van der Waals surface area (Å²) in [6.45, 7) is 2.05. The minimum absolute atomic E-state index is 0.000837. The van der Waals surface area contributed by atoms with Gasteiger partial charge in [0.05, 0.1) is 41.5 Å². The average Bonchev–Trinajstić information content (AvgIpc) is 3.19. The first kappa shape index (κ1) is 21.9. The maximum absolute atomic E-state index is 11.9. The van der Waals surface area contributed by atoms with Crippen molar-refractivity contribution in [3.8, 4) is 27.6 Å². The number of anilines is 1. The fourth-order valence-corrected chi connectivity index (χ4v) is 4.47.